The van der Waals surface area contributed by atoms with E-state index in [2.05, 4.69) is 34.8 Å². The van der Waals surface area contributed by atoms with Crippen molar-refractivity contribution >= 4 is 23.9 Å². The van der Waals surface area contributed by atoms with Gasteiger partial charge in [-0.1, -0.05) is 12.2 Å². The van der Waals surface area contributed by atoms with Gasteiger partial charge in [-0.15, -0.1) is 0 Å². The molecule has 10 heteroatoms. The van der Waals surface area contributed by atoms with Gasteiger partial charge in [0.25, 0.3) is 0 Å². The van der Waals surface area contributed by atoms with Gasteiger partial charge in [0, 0.05) is 68.6 Å². The van der Waals surface area contributed by atoms with E-state index in [1.54, 1.807) is 43.5 Å². The Bertz CT molecular complexity index is 1180. The summed E-state index contributed by atoms with van der Waals surface area (Å²) < 4.78 is 1.85. The number of aliphatic hydroxyl groups is 1. The minimum absolute atomic E-state index is 0.00381. The number of hydrogen-bond acceptors (Lipinski definition) is 9. The van der Waals surface area contributed by atoms with Gasteiger partial charge in [-0.2, -0.15) is 0 Å². The Morgan fingerprint density at radius 2 is 1.70 bits per heavy atom. The van der Waals surface area contributed by atoms with E-state index >= 15 is 0 Å². The molecule has 166 valence electrons. The van der Waals surface area contributed by atoms with Crippen molar-refractivity contribution in [1.29, 1.82) is 0 Å². The molecule has 1 atom stereocenters. The molecule has 1 aliphatic heterocycles. The quantitative estimate of drug-likeness (QED) is 0.478. The van der Waals surface area contributed by atoms with Gasteiger partial charge in [0.15, 0.2) is 0 Å². The van der Waals surface area contributed by atoms with Crippen LogP contribution < -0.4 is 9.80 Å². The van der Waals surface area contributed by atoms with E-state index in [4.69, 9.17) is 0 Å². The lowest BCUT2D eigenvalue weighted by molar-refractivity contribution is 0.252. The minimum Gasteiger partial charge on any atom is -0.394 e. The first-order valence-electron chi connectivity index (χ1n) is 10.6. The third kappa shape index (κ3) is 4.70. The zero-order valence-electron chi connectivity index (χ0n) is 17.9. The molecular formula is C23H23N9O. The summed E-state index contributed by atoms with van der Waals surface area (Å²) in [5.74, 6) is 2.23. The Morgan fingerprint density at radius 1 is 0.848 bits per heavy atom. The van der Waals surface area contributed by atoms with E-state index in [0.29, 0.717) is 19.0 Å². The minimum atomic E-state index is -0.123. The normalized spacial score (nSPS) is 16.5. The molecule has 1 aliphatic rings. The van der Waals surface area contributed by atoms with E-state index in [1.165, 1.54) is 0 Å². The Morgan fingerprint density at radius 3 is 2.39 bits per heavy atom. The summed E-state index contributed by atoms with van der Waals surface area (Å²) in [6.45, 7) is 2.07. The van der Waals surface area contributed by atoms with Gasteiger partial charge in [-0.05, 0) is 17.7 Å². The number of pyridine rings is 1. The van der Waals surface area contributed by atoms with E-state index in [0.717, 1.165) is 29.3 Å². The monoisotopic (exact) mass is 441 g/mol. The van der Waals surface area contributed by atoms with Crippen LogP contribution >= 0.6 is 0 Å². The average molecular weight is 441 g/mol. The number of nitrogens with zero attached hydrogens (tertiary/aromatic N) is 9. The predicted molar refractivity (Wildman–Crippen MR) is 125 cm³/mol. The van der Waals surface area contributed by atoms with Crippen molar-refractivity contribution < 1.29 is 5.11 Å². The van der Waals surface area contributed by atoms with Crippen molar-refractivity contribution in [1.82, 2.24) is 34.5 Å². The highest BCUT2D eigenvalue weighted by atomic mass is 16.3. The van der Waals surface area contributed by atoms with Gasteiger partial charge in [0.05, 0.1) is 18.8 Å². The van der Waals surface area contributed by atoms with Crippen LogP contribution in [0.1, 0.15) is 11.1 Å². The predicted octanol–water partition coefficient (Wildman–Crippen LogP) is 1.71. The van der Waals surface area contributed by atoms with Crippen LogP contribution in [0.25, 0.3) is 18.0 Å². The summed E-state index contributed by atoms with van der Waals surface area (Å²) >= 11 is 0. The smallest absolute Gasteiger partial charge is 0.225 e. The second-order valence-corrected chi connectivity index (χ2v) is 7.61. The van der Waals surface area contributed by atoms with Crippen molar-refractivity contribution in [3.63, 3.8) is 0 Å². The Kier molecular flexibility index (Phi) is 5.98. The number of hydrogen-bond donors (Lipinski definition) is 1. The number of aliphatic hydroxyl groups excluding tert-OH is 1. The molecule has 1 saturated heterocycles. The van der Waals surface area contributed by atoms with Gasteiger partial charge >= 0.3 is 0 Å². The lowest BCUT2D eigenvalue weighted by atomic mass is 10.2. The molecule has 4 aromatic heterocycles. The highest BCUT2D eigenvalue weighted by Gasteiger charge is 2.29. The maximum absolute atomic E-state index is 9.95. The molecule has 0 spiro atoms. The molecule has 5 rings (SSSR count). The highest BCUT2D eigenvalue weighted by molar-refractivity contribution is 5.68. The van der Waals surface area contributed by atoms with E-state index in [9.17, 15) is 5.11 Å². The Labute approximate surface area is 191 Å². The molecule has 0 aromatic carbocycles. The van der Waals surface area contributed by atoms with Crippen LogP contribution in [-0.4, -0.2) is 71.9 Å². The third-order valence-corrected chi connectivity index (χ3v) is 5.49. The maximum Gasteiger partial charge on any atom is 0.225 e. The lowest BCUT2D eigenvalue weighted by Gasteiger charge is -2.41. The molecule has 0 radical (unpaired) electrons. The van der Waals surface area contributed by atoms with Crippen LogP contribution in [0.4, 0.5) is 11.8 Å². The lowest BCUT2D eigenvalue weighted by Crippen LogP contribution is -2.55. The molecule has 1 N–H and O–H groups in total. The van der Waals surface area contributed by atoms with Gasteiger partial charge < -0.3 is 14.9 Å². The third-order valence-electron chi connectivity index (χ3n) is 5.49. The summed E-state index contributed by atoms with van der Waals surface area (Å²) in [7, 11) is 0. The molecule has 0 saturated carbocycles. The summed E-state index contributed by atoms with van der Waals surface area (Å²) in [4.78, 5) is 30.2. The zero-order valence-corrected chi connectivity index (χ0v) is 17.9. The maximum atomic E-state index is 9.95. The Hall–Kier alpha value is -4.18. The topological polar surface area (TPSA) is 109 Å². The van der Waals surface area contributed by atoms with Gasteiger partial charge in [-0.25, -0.2) is 24.9 Å². The fraction of sp³-hybridized carbons (Fsp3) is 0.217. The summed E-state index contributed by atoms with van der Waals surface area (Å²) in [5.41, 5.74) is 1.86. The summed E-state index contributed by atoms with van der Waals surface area (Å²) in [6, 6.07) is 3.81. The molecule has 10 nitrogen and oxygen atoms in total. The van der Waals surface area contributed by atoms with Crippen molar-refractivity contribution in [2.75, 3.05) is 36.0 Å². The fourth-order valence-corrected chi connectivity index (χ4v) is 3.74. The molecule has 4 aromatic rings. The van der Waals surface area contributed by atoms with Crippen molar-refractivity contribution in [2.45, 2.75) is 6.04 Å². The standard InChI is InChI=1S/C23H23N9O/c33-16-20-15-30(22-14-24-5-6-26-22)9-10-32(20)23-28-12-19(13-29-23)2-1-18-3-4-21(27-11-18)31-8-7-25-17-31/h1-8,11-14,17,20,33H,9-10,15-16H2/b2-1+/t20-/m1/s1. The first-order valence-corrected chi connectivity index (χ1v) is 10.6. The molecular weight excluding hydrogens is 418 g/mol. The average Bonchev–Trinajstić information content (AvgIpc) is 3.43. The molecule has 0 aliphatic carbocycles. The first kappa shape index (κ1) is 20.7. The number of imidazole rings is 1. The Balaban J connectivity index is 1.23. The molecule has 1 fully saturated rings. The number of piperazine rings is 1. The van der Waals surface area contributed by atoms with Crippen molar-refractivity contribution in [3.8, 4) is 5.82 Å². The number of aromatic nitrogens is 7. The number of anilines is 2. The second kappa shape index (κ2) is 9.53. The molecule has 0 unspecified atom stereocenters. The van der Waals surface area contributed by atoms with Crippen LogP contribution in [0.5, 0.6) is 0 Å². The summed E-state index contributed by atoms with van der Waals surface area (Å²) in [6.07, 6.45) is 19.7. The van der Waals surface area contributed by atoms with E-state index < -0.39 is 0 Å². The number of rotatable bonds is 6. The SMILES string of the molecule is OC[C@H]1CN(c2cnccn2)CCN1c1ncc(/C=C/c2ccc(-n3ccnc3)nc2)cn1. The van der Waals surface area contributed by atoms with Crippen LogP contribution in [-0.2, 0) is 0 Å². The largest absolute Gasteiger partial charge is 0.394 e. The molecule has 0 bridgehead atoms. The van der Waals surface area contributed by atoms with Crippen LogP contribution in [0, 0.1) is 0 Å². The van der Waals surface area contributed by atoms with Gasteiger partial charge in [-0.3, -0.25) is 9.55 Å². The van der Waals surface area contributed by atoms with Gasteiger partial charge in [0.1, 0.15) is 18.0 Å². The van der Waals surface area contributed by atoms with Crippen LogP contribution in [0.2, 0.25) is 0 Å². The first-order chi connectivity index (χ1) is 16.3. The second-order valence-electron chi connectivity index (χ2n) is 7.61. The van der Waals surface area contributed by atoms with E-state index in [1.807, 2.05) is 46.1 Å². The molecule has 0 amide bonds. The fourth-order valence-electron chi connectivity index (χ4n) is 3.74. The van der Waals surface area contributed by atoms with Crippen LogP contribution in [0.3, 0.4) is 0 Å². The van der Waals surface area contributed by atoms with Crippen molar-refractivity contribution in [2.24, 2.45) is 0 Å². The molecule has 33 heavy (non-hydrogen) atoms. The highest BCUT2D eigenvalue weighted by Crippen LogP contribution is 2.20. The van der Waals surface area contributed by atoms with E-state index in [-0.39, 0.29) is 12.6 Å². The zero-order chi connectivity index (χ0) is 22.5. The van der Waals surface area contributed by atoms with Gasteiger partial charge in [0.2, 0.25) is 5.95 Å². The van der Waals surface area contributed by atoms with Crippen LogP contribution in [0.15, 0.2) is 68.0 Å². The molecule has 5 heterocycles. The summed E-state index contributed by atoms with van der Waals surface area (Å²) in [5, 5.41) is 9.95. The van der Waals surface area contributed by atoms with Crippen molar-refractivity contribution in [3.05, 3.63) is 79.2 Å².